The Balaban J connectivity index is 1.62. The molecule has 1 amide bonds. The number of hydrogen-bond acceptors (Lipinski definition) is 6. The lowest BCUT2D eigenvalue weighted by molar-refractivity contribution is -0.120. The van der Waals surface area contributed by atoms with Gasteiger partial charge in [0.2, 0.25) is 5.96 Å². The molecule has 0 bridgehead atoms. The summed E-state index contributed by atoms with van der Waals surface area (Å²) in [4.78, 5) is 20.6. The molecule has 0 fully saturated rings. The first-order valence-electron chi connectivity index (χ1n) is 7.71. The summed E-state index contributed by atoms with van der Waals surface area (Å²) in [5.74, 6) is 0.282. The van der Waals surface area contributed by atoms with Crippen LogP contribution in [-0.4, -0.2) is 40.6 Å². The van der Waals surface area contributed by atoms with Gasteiger partial charge in [-0.2, -0.15) is 9.98 Å². The van der Waals surface area contributed by atoms with E-state index in [1.54, 1.807) is 17.1 Å². The van der Waals surface area contributed by atoms with Crippen LogP contribution in [0.3, 0.4) is 0 Å². The molecule has 2 aliphatic heterocycles. The minimum Gasteiger partial charge on any atom is -0.350 e. The maximum atomic E-state index is 12.3. The molecule has 1 N–H and O–H groups in total. The Morgan fingerprint density at radius 1 is 1.20 bits per heavy atom. The highest BCUT2D eigenvalue weighted by molar-refractivity contribution is 9.09. The number of alkyl halides is 1. The van der Waals surface area contributed by atoms with Gasteiger partial charge in [-0.1, -0.05) is 50.4 Å². The highest BCUT2D eigenvalue weighted by Crippen LogP contribution is 2.23. The predicted octanol–water partition coefficient (Wildman–Crippen LogP) is 3.60. The number of nitrogens with zero attached hydrogens (tertiary/aromatic N) is 5. The Bertz CT molecular complexity index is 766. The molecule has 2 aliphatic rings. The molecule has 0 saturated heterocycles. The van der Waals surface area contributed by atoms with Gasteiger partial charge in [-0.05, 0) is 30.5 Å². The van der Waals surface area contributed by atoms with Gasteiger partial charge in [-0.25, -0.2) is 0 Å². The number of unbranched alkanes of at least 4 members (excludes halogenated alkanes) is 1. The molecule has 1 unspecified atom stereocenters. The van der Waals surface area contributed by atoms with Gasteiger partial charge in [-0.15, -0.1) is 5.11 Å². The summed E-state index contributed by atoms with van der Waals surface area (Å²) in [6.45, 7) is 1.06. The number of amides is 1. The smallest absolute Gasteiger partial charge is 0.281 e. The van der Waals surface area contributed by atoms with Gasteiger partial charge >= 0.3 is 0 Å². The van der Waals surface area contributed by atoms with Crippen molar-refractivity contribution in [3.63, 3.8) is 0 Å². The predicted molar refractivity (Wildman–Crippen MR) is 102 cm³/mol. The Labute approximate surface area is 163 Å². The summed E-state index contributed by atoms with van der Waals surface area (Å²) >= 11 is 15.3. The van der Waals surface area contributed by atoms with E-state index in [9.17, 15) is 4.79 Å². The number of aliphatic imine (C=N–C) groups is 2. The van der Waals surface area contributed by atoms with E-state index in [4.69, 9.17) is 23.2 Å². The first-order chi connectivity index (χ1) is 12.1. The molecule has 1 aromatic carbocycles. The molecule has 10 heteroatoms. The van der Waals surface area contributed by atoms with Gasteiger partial charge < -0.3 is 5.32 Å². The molecule has 0 aliphatic carbocycles. The van der Waals surface area contributed by atoms with E-state index in [-0.39, 0.29) is 11.9 Å². The van der Waals surface area contributed by atoms with Crippen molar-refractivity contribution in [3.05, 3.63) is 33.8 Å². The summed E-state index contributed by atoms with van der Waals surface area (Å²) in [6, 6.07) is 4.69. The van der Waals surface area contributed by atoms with E-state index in [1.165, 1.54) is 0 Å². The number of carbonyl (C=O) groups excluding carboxylic acids is 1. The van der Waals surface area contributed by atoms with Gasteiger partial charge in [0, 0.05) is 18.4 Å². The van der Waals surface area contributed by atoms with Crippen LogP contribution < -0.4 is 5.32 Å². The van der Waals surface area contributed by atoms with E-state index in [0.717, 1.165) is 23.7 Å². The van der Waals surface area contributed by atoms with Crippen molar-refractivity contribution in [2.75, 3.05) is 11.9 Å². The number of fused-ring (bicyclic) bond motifs is 1. The van der Waals surface area contributed by atoms with E-state index < -0.39 is 6.04 Å². The largest absolute Gasteiger partial charge is 0.350 e. The van der Waals surface area contributed by atoms with Crippen molar-refractivity contribution >= 4 is 56.8 Å². The van der Waals surface area contributed by atoms with Crippen molar-refractivity contribution < 1.29 is 4.79 Å². The number of halogens is 3. The summed E-state index contributed by atoms with van der Waals surface area (Å²) < 4.78 is 0. The lowest BCUT2D eigenvalue weighted by Gasteiger charge is -2.21. The molecular weight excluding hydrogens is 431 g/mol. The molecule has 1 atom stereocenters. The van der Waals surface area contributed by atoms with E-state index >= 15 is 0 Å². The summed E-state index contributed by atoms with van der Waals surface area (Å²) in [5, 5.41) is 14.6. The molecule has 0 aromatic heterocycles. The monoisotopic (exact) mass is 444 g/mol. The summed E-state index contributed by atoms with van der Waals surface area (Å²) in [6.07, 6.45) is 1.91. The normalized spacial score (nSPS) is 18.9. The quantitative estimate of drug-likeness (QED) is 0.536. The van der Waals surface area contributed by atoms with Crippen molar-refractivity contribution in [3.8, 4) is 0 Å². The van der Waals surface area contributed by atoms with Crippen LogP contribution in [0.4, 0.5) is 0 Å². The second-order valence-electron chi connectivity index (χ2n) is 5.50. The van der Waals surface area contributed by atoms with Crippen LogP contribution in [0.15, 0.2) is 38.5 Å². The molecular formula is C15H15BrCl2N6O. The maximum absolute atomic E-state index is 12.3. The minimum atomic E-state index is -0.606. The van der Waals surface area contributed by atoms with Gasteiger partial charge in [0.1, 0.15) is 0 Å². The van der Waals surface area contributed by atoms with Crippen LogP contribution in [-0.2, 0) is 11.3 Å². The number of carbonyl (C=O) groups is 1. The highest BCUT2D eigenvalue weighted by atomic mass is 79.9. The van der Waals surface area contributed by atoms with Crippen molar-refractivity contribution in [1.82, 2.24) is 10.3 Å². The van der Waals surface area contributed by atoms with Crippen LogP contribution in [0, 0.1) is 0 Å². The number of nitrogens with one attached hydrogen (secondary N) is 1. The van der Waals surface area contributed by atoms with E-state index in [0.29, 0.717) is 29.0 Å². The zero-order chi connectivity index (χ0) is 17.8. The topological polar surface area (TPSA) is 81.8 Å². The molecule has 1 aromatic rings. The average molecular weight is 446 g/mol. The van der Waals surface area contributed by atoms with Gasteiger partial charge in [0.25, 0.3) is 5.91 Å². The summed E-state index contributed by atoms with van der Waals surface area (Å²) in [5.41, 5.74) is 0.899. The number of amidine groups is 1. The van der Waals surface area contributed by atoms with E-state index in [2.05, 4.69) is 41.6 Å². The first-order valence-corrected chi connectivity index (χ1v) is 9.59. The second kappa shape index (κ2) is 8.25. The van der Waals surface area contributed by atoms with Crippen molar-refractivity contribution in [2.45, 2.75) is 25.4 Å². The average Bonchev–Trinajstić information content (AvgIpc) is 3.00. The maximum Gasteiger partial charge on any atom is 0.281 e. The van der Waals surface area contributed by atoms with Crippen LogP contribution in [0.5, 0.6) is 0 Å². The Morgan fingerprint density at radius 2 is 2.04 bits per heavy atom. The number of benzene rings is 1. The van der Waals surface area contributed by atoms with Crippen molar-refractivity contribution in [2.24, 2.45) is 20.3 Å². The zero-order valence-corrected chi connectivity index (χ0v) is 16.2. The Hall–Kier alpha value is -1.51. The van der Waals surface area contributed by atoms with Crippen LogP contribution in [0.25, 0.3) is 0 Å². The van der Waals surface area contributed by atoms with Crippen molar-refractivity contribution in [1.29, 1.82) is 0 Å². The fourth-order valence-electron chi connectivity index (χ4n) is 2.42. The summed E-state index contributed by atoms with van der Waals surface area (Å²) in [7, 11) is 0. The third-order valence-corrected chi connectivity index (χ3v) is 4.98. The Kier molecular flexibility index (Phi) is 6.03. The zero-order valence-electron chi connectivity index (χ0n) is 13.1. The Morgan fingerprint density at radius 3 is 2.80 bits per heavy atom. The second-order valence-corrected chi connectivity index (χ2v) is 7.10. The van der Waals surface area contributed by atoms with Gasteiger partial charge in [-0.3, -0.25) is 9.80 Å². The van der Waals surface area contributed by atoms with Gasteiger partial charge in [0.15, 0.2) is 11.9 Å². The molecule has 0 saturated carbocycles. The lowest BCUT2D eigenvalue weighted by Crippen LogP contribution is -2.43. The third kappa shape index (κ3) is 4.37. The number of rotatable bonds is 6. The third-order valence-electron chi connectivity index (χ3n) is 3.68. The fraction of sp³-hybridized carbons (Fsp3) is 0.400. The molecule has 0 spiro atoms. The van der Waals surface area contributed by atoms with Crippen LogP contribution >= 0.6 is 39.1 Å². The standard InChI is InChI=1S/C15H15BrCl2N6O/c16-5-1-2-6-24-12-13(22-23-24)20-15(21-14(12)25)19-8-9-3-4-10(17)11(18)7-9/h3-4,7,12H,1-2,5-6,8H2,(H,19,21,25). The first kappa shape index (κ1) is 18.3. The molecule has 132 valence electrons. The highest BCUT2D eigenvalue weighted by Gasteiger charge is 2.38. The molecule has 25 heavy (non-hydrogen) atoms. The molecule has 3 rings (SSSR count). The lowest BCUT2D eigenvalue weighted by atomic mass is 10.2. The van der Waals surface area contributed by atoms with Crippen LogP contribution in [0.2, 0.25) is 10.0 Å². The number of hydrogen-bond donors (Lipinski definition) is 1. The SMILES string of the molecule is O=C1N=C(NCc2ccc(Cl)c(Cl)c2)N=C2N=NN(CCCCBr)C12. The molecule has 0 radical (unpaired) electrons. The minimum absolute atomic E-state index is 0.226. The van der Waals surface area contributed by atoms with Gasteiger partial charge in [0.05, 0.1) is 10.0 Å². The fourth-order valence-corrected chi connectivity index (χ4v) is 3.13. The number of guanidine groups is 1. The van der Waals surface area contributed by atoms with Crippen LogP contribution in [0.1, 0.15) is 18.4 Å². The molecule has 2 heterocycles. The van der Waals surface area contributed by atoms with E-state index in [1.807, 2.05) is 6.07 Å². The molecule has 7 nitrogen and oxygen atoms in total.